The van der Waals surface area contributed by atoms with Crippen LogP contribution in [0, 0.1) is 0 Å². The maximum atomic E-state index is 5.09. The van der Waals surface area contributed by atoms with Crippen LogP contribution >= 0.6 is 0 Å². The Labute approximate surface area is 254 Å². The summed E-state index contributed by atoms with van der Waals surface area (Å²) in [5.74, 6) is 0. The smallest absolute Gasteiger partial charge is 0.0716 e. The molecule has 0 unspecified atom stereocenters. The fourth-order valence-corrected chi connectivity index (χ4v) is 5.58. The fourth-order valence-electron chi connectivity index (χ4n) is 5.58. The molecule has 0 radical (unpaired) electrons. The number of pyridine rings is 1. The number of rotatable bonds is 8. The second-order valence-electron chi connectivity index (χ2n) is 10.4. The molecule has 0 saturated heterocycles. The van der Waals surface area contributed by atoms with E-state index in [2.05, 4.69) is 145 Å². The van der Waals surface area contributed by atoms with Crippen molar-refractivity contribution in [2.75, 3.05) is 0 Å². The molecule has 0 aliphatic heterocycles. The summed E-state index contributed by atoms with van der Waals surface area (Å²) in [5.41, 5.74) is 12.1. The minimum atomic E-state index is 0.974. The molecule has 0 amide bonds. The van der Waals surface area contributed by atoms with Gasteiger partial charge in [0.25, 0.3) is 0 Å². The summed E-state index contributed by atoms with van der Waals surface area (Å²) in [7, 11) is 0. The molecule has 2 aromatic heterocycles. The predicted molar refractivity (Wildman–Crippen MR) is 186 cm³/mol. The third-order valence-electron chi connectivity index (χ3n) is 7.61. The Hall–Kier alpha value is -5.47. The SMILES string of the molecule is C=Cc1cc(/C=C\C=C/C)n(-c2cccc(-c3ccc4nc(-c5ccccc5)cc(-c5ccccc5)c4c3)c2)c1/C=C\C. The van der Waals surface area contributed by atoms with E-state index in [4.69, 9.17) is 4.98 Å². The maximum Gasteiger partial charge on any atom is 0.0716 e. The first kappa shape index (κ1) is 27.7. The molecular formula is C41H34N2. The van der Waals surface area contributed by atoms with E-state index in [-0.39, 0.29) is 0 Å². The van der Waals surface area contributed by atoms with E-state index in [0.29, 0.717) is 0 Å². The van der Waals surface area contributed by atoms with Crippen molar-refractivity contribution in [3.8, 4) is 39.2 Å². The highest BCUT2D eigenvalue weighted by molar-refractivity contribution is 5.99. The van der Waals surface area contributed by atoms with Crippen LogP contribution in [0.5, 0.6) is 0 Å². The number of benzene rings is 4. The lowest BCUT2D eigenvalue weighted by Gasteiger charge is -2.14. The highest BCUT2D eigenvalue weighted by atomic mass is 15.0. The van der Waals surface area contributed by atoms with E-state index < -0.39 is 0 Å². The number of nitrogens with zero attached hydrogens (tertiary/aromatic N) is 2. The largest absolute Gasteiger partial charge is 0.310 e. The van der Waals surface area contributed by atoms with Crippen LogP contribution in [0.3, 0.4) is 0 Å². The molecule has 208 valence electrons. The fraction of sp³-hybridized carbons (Fsp3) is 0.0488. The van der Waals surface area contributed by atoms with Crippen molar-refractivity contribution in [3.63, 3.8) is 0 Å². The highest BCUT2D eigenvalue weighted by Gasteiger charge is 2.14. The van der Waals surface area contributed by atoms with Crippen LogP contribution in [-0.2, 0) is 0 Å². The lowest BCUT2D eigenvalue weighted by atomic mass is 9.95. The van der Waals surface area contributed by atoms with Gasteiger partial charge in [0.05, 0.1) is 16.9 Å². The van der Waals surface area contributed by atoms with Crippen LogP contribution < -0.4 is 0 Å². The summed E-state index contributed by atoms with van der Waals surface area (Å²) in [6.45, 7) is 8.15. The lowest BCUT2D eigenvalue weighted by Crippen LogP contribution is -2.00. The van der Waals surface area contributed by atoms with Crippen molar-refractivity contribution in [1.82, 2.24) is 9.55 Å². The van der Waals surface area contributed by atoms with Crippen molar-refractivity contribution < 1.29 is 0 Å². The first-order chi connectivity index (χ1) is 21.2. The third kappa shape index (κ3) is 5.68. The molecular weight excluding hydrogens is 520 g/mol. The number of fused-ring (bicyclic) bond motifs is 1. The van der Waals surface area contributed by atoms with Crippen molar-refractivity contribution in [2.24, 2.45) is 0 Å². The average molecular weight is 555 g/mol. The van der Waals surface area contributed by atoms with Gasteiger partial charge in [0.15, 0.2) is 0 Å². The van der Waals surface area contributed by atoms with Gasteiger partial charge in [0, 0.05) is 22.3 Å². The third-order valence-corrected chi connectivity index (χ3v) is 7.61. The van der Waals surface area contributed by atoms with Gasteiger partial charge in [-0.2, -0.15) is 0 Å². The standard InChI is InChI=1S/C41H34N2/c1-4-7-10-22-35-26-30(6-3)41(16-5-2)43(35)36-23-15-21-33(27-36)34-24-25-39-38(28-34)37(31-17-11-8-12-18-31)29-40(42-39)32-19-13-9-14-20-32/h4-29H,3H2,1-2H3/b7-4-,16-5-,22-10-. The summed E-state index contributed by atoms with van der Waals surface area (Å²) in [6, 6.07) is 40.8. The Balaban J connectivity index is 1.51. The zero-order chi connectivity index (χ0) is 29.6. The predicted octanol–water partition coefficient (Wildman–Crippen LogP) is 11.3. The van der Waals surface area contributed by atoms with Gasteiger partial charge in [0.1, 0.15) is 0 Å². The zero-order valence-electron chi connectivity index (χ0n) is 24.6. The summed E-state index contributed by atoms with van der Waals surface area (Å²) in [5, 5.41) is 1.13. The first-order valence-corrected chi connectivity index (χ1v) is 14.7. The first-order valence-electron chi connectivity index (χ1n) is 14.7. The molecule has 0 atom stereocenters. The number of aromatic nitrogens is 2. The number of hydrogen-bond donors (Lipinski definition) is 0. The minimum absolute atomic E-state index is 0.974. The Morgan fingerprint density at radius 3 is 2.07 bits per heavy atom. The van der Waals surface area contributed by atoms with Crippen LogP contribution in [0.1, 0.15) is 30.8 Å². The van der Waals surface area contributed by atoms with E-state index in [1.54, 1.807) is 0 Å². The normalized spacial score (nSPS) is 11.8. The van der Waals surface area contributed by atoms with Crippen LogP contribution in [0.2, 0.25) is 0 Å². The van der Waals surface area contributed by atoms with Crippen molar-refractivity contribution in [1.29, 1.82) is 0 Å². The van der Waals surface area contributed by atoms with Gasteiger partial charge in [-0.3, -0.25) is 0 Å². The molecule has 0 fully saturated rings. The monoisotopic (exact) mass is 554 g/mol. The topological polar surface area (TPSA) is 17.8 Å². The van der Waals surface area contributed by atoms with Crippen molar-refractivity contribution in [3.05, 3.63) is 163 Å². The van der Waals surface area contributed by atoms with Gasteiger partial charge in [0.2, 0.25) is 0 Å². The van der Waals surface area contributed by atoms with E-state index in [9.17, 15) is 0 Å². The second kappa shape index (κ2) is 12.6. The molecule has 0 N–H and O–H groups in total. The molecule has 2 heterocycles. The van der Waals surface area contributed by atoms with E-state index in [0.717, 1.165) is 55.9 Å². The Morgan fingerprint density at radius 2 is 1.35 bits per heavy atom. The molecule has 6 aromatic rings. The molecule has 0 saturated carbocycles. The molecule has 0 aliphatic carbocycles. The van der Waals surface area contributed by atoms with E-state index >= 15 is 0 Å². The Morgan fingerprint density at radius 1 is 0.628 bits per heavy atom. The van der Waals surface area contributed by atoms with Gasteiger partial charge in [-0.05, 0) is 90.2 Å². The summed E-state index contributed by atoms with van der Waals surface area (Å²) in [4.78, 5) is 5.09. The van der Waals surface area contributed by atoms with Gasteiger partial charge in [-0.25, -0.2) is 4.98 Å². The Kier molecular flexibility index (Phi) is 8.10. The molecule has 0 aliphatic rings. The van der Waals surface area contributed by atoms with Crippen molar-refractivity contribution >= 4 is 29.1 Å². The number of allylic oxidation sites excluding steroid dienone is 4. The molecule has 2 nitrogen and oxygen atoms in total. The quantitative estimate of drug-likeness (QED) is 0.171. The minimum Gasteiger partial charge on any atom is -0.310 e. The van der Waals surface area contributed by atoms with Gasteiger partial charge in [-0.15, -0.1) is 0 Å². The van der Waals surface area contributed by atoms with Crippen LogP contribution in [0.15, 0.2) is 146 Å². The lowest BCUT2D eigenvalue weighted by molar-refractivity contribution is 1.04. The molecule has 0 spiro atoms. The Bertz CT molecular complexity index is 1990. The maximum absolute atomic E-state index is 5.09. The molecule has 6 rings (SSSR count). The van der Waals surface area contributed by atoms with Crippen LogP contribution in [-0.4, -0.2) is 9.55 Å². The number of hydrogen-bond acceptors (Lipinski definition) is 1. The average Bonchev–Trinajstić information content (AvgIpc) is 3.42. The summed E-state index contributed by atoms with van der Waals surface area (Å²) in [6.07, 6.45) is 14.5. The summed E-state index contributed by atoms with van der Waals surface area (Å²) >= 11 is 0. The molecule has 4 aromatic carbocycles. The van der Waals surface area contributed by atoms with E-state index in [1.807, 2.05) is 38.1 Å². The van der Waals surface area contributed by atoms with Crippen molar-refractivity contribution in [2.45, 2.75) is 13.8 Å². The molecule has 2 heteroatoms. The van der Waals surface area contributed by atoms with Gasteiger partial charge in [-0.1, -0.05) is 116 Å². The second-order valence-corrected chi connectivity index (χ2v) is 10.4. The van der Waals surface area contributed by atoms with E-state index in [1.165, 1.54) is 11.1 Å². The molecule has 43 heavy (non-hydrogen) atoms. The van der Waals surface area contributed by atoms with Crippen LogP contribution in [0.4, 0.5) is 0 Å². The summed E-state index contributed by atoms with van der Waals surface area (Å²) < 4.78 is 2.30. The highest BCUT2D eigenvalue weighted by Crippen LogP contribution is 2.35. The van der Waals surface area contributed by atoms with Gasteiger partial charge >= 0.3 is 0 Å². The van der Waals surface area contributed by atoms with Gasteiger partial charge < -0.3 is 4.57 Å². The zero-order valence-corrected chi connectivity index (χ0v) is 24.6. The van der Waals surface area contributed by atoms with Crippen LogP contribution in [0.25, 0.3) is 68.3 Å². The molecule has 0 bridgehead atoms.